The second-order valence-electron chi connectivity index (χ2n) is 4.53. The van der Waals surface area contributed by atoms with Crippen molar-refractivity contribution in [3.8, 4) is 16.9 Å². The van der Waals surface area contributed by atoms with Crippen LogP contribution in [0.1, 0.15) is 5.69 Å². The first kappa shape index (κ1) is 13.5. The molecule has 1 N–H and O–H groups in total. The van der Waals surface area contributed by atoms with Gasteiger partial charge in [0.15, 0.2) is 0 Å². The number of methoxy groups -OCH3 is 1. The fourth-order valence-electron chi connectivity index (χ4n) is 2.32. The second-order valence-corrected chi connectivity index (χ2v) is 4.53. The number of fused-ring (bicyclic) bond motifs is 1. The van der Waals surface area contributed by atoms with E-state index in [9.17, 15) is 9.50 Å². The number of benzene rings is 1. The fourth-order valence-corrected chi connectivity index (χ4v) is 2.32. The van der Waals surface area contributed by atoms with E-state index in [0.29, 0.717) is 28.1 Å². The van der Waals surface area contributed by atoms with Crippen molar-refractivity contribution >= 4 is 10.9 Å². The summed E-state index contributed by atoms with van der Waals surface area (Å²) in [7, 11) is 1.57. The van der Waals surface area contributed by atoms with Gasteiger partial charge in [0.2, 0.25) is 0 Å². The summed E-state index contributed by atoms with van der Waals surface area (Å²) in [5.74, 6) is 0.189. The number of pyridine rings is 2. The Kier molecular flexibility index (Phi) is 3.50. The average molecular weight is 284 g/mol. The molecule has 0 atom stereocenters. The first-order valence-electron chi connectivity index (χ1n) is 6.42. The van der Waals surface area contributed by atoms with E-state index in [1.165, 1.54) is 0 Å². The summed E-state index contributed by atoms with van der Waals surface area (Å²) in [5.41, 5.74) is 2.15. The van der Waals surface area contributed by atoms with E-state index >= 15 is 0 Å². The highest BCUT2D eigenvalue weighted by molar-refractivity contribution is 5.97. The Hall–Kier alpha value is -2.53. The lowest BCUT2D eigenvalue weighted by Crippen LogP contribution is -1.95. The van der Waals surface area contributed by atoms with Gasteiger partial charge >= 0.3 is 0 Å². The van der Waals surface area contributed by atoms with Gasteiger partial charge in [0.25, 0.3) is 0 Å². The third-order valence-electron chi connectivity index (χ3n) is 3.32. The topological polar surface area (TPSA) is 55.2 Å². The van der Waals surface area contributed by atoms with E-state index in [1.807, 2.05) is 6.07 Å². The summed E-state index contributed by atoms with van der Waals surface area (Å²) in [4.78, 5) is 8.13. The highest BCUT2D eigenvalue weighted by Gasteiger charge is 2.13. The molecule has 1 aromatic carbocycles. The van der Waals surface area contributed by atoms with Gasteiger partial charge < -0.3 is 9.84 Å². The number of hydrogen-bond acceptors (Lipinski definition) is 4. The Morgan fingerprint density at radius 1 is 1.19 bits per heavy atom. The zero-order chi connectivity index (χ0) is 14.8. The van der Waals surface area contributed by atoms with E-state index in [4.69, 9.17) is 4.74 Å². The molecule has 0 unspecified atom stereocenters. The molecule has 0 fully saturated rings. The van der Waals surface area contributed by atoms with Gasteiger partial charge in [-0.1, -0.05) is 6.07 Å². The second kappa shape index (κ2) is 5.46. The smallest absolute Gasteiger partial charge is 0.149 e. The first-order chi connectivity index (χ1) is 10.2. The van der Waals surface area contributed by atoms with E-state index < -0.39 is 5.82 Å². The number of aliphatic hydroxyl groups is 1. The van der Waals surface area contributed by atoms with Crippen LogP contribution in [-0.2, 0) is 6.61 Å². The van der Waals surface area contributed by atoms with Gasteiger partial charge in [-0.05, 0) is 29.8 Å². The molecule has 0 spiro atoms. The van der Waals surface area contributed by atoms with E-state index in [1.54, 1.807) is 37.6 Å². The Bertz CT molecular complexity index is 805. The number of aliphatic hydroxyl groups excluding tert-OH is 1. The average Bonchev–Trinajstić information content (AvgIpc) is 2.54. The van der Waals surface area contributed by atoms with Gasteiger partial charge in [0.05, 0.1) is 25.6 Å². The van der Waals surface area contributed by atoms with Gasteiger partial charge in [0, 0.05) is 17.1 Å². The minimum atomic E-state index is -0.442. The SMILES string of the molecule is COc1ccc(-c2cc(CO)ncc2F)c2cccnc12. The molecule has 0 aliphatic carbocycles. The van der Waals surface area contributed by atoms with Crippen LogP contribution in [-0.4, -0.2) is 22.2 Å². The molecule has 0 aliphatic heterocycles. The van der Waals surface area contributed by atoms with Crippen LogP contribution < -0.4 is 4.74 Å². The van der Waals surface area contributed by atoms with Crippen molar-refractivity contribution < 1.29 is 14.2 Å². The summed E-state index contributed by atoms with van der Waals surface area (Å²) in [6.45, 7) is -0.236. The van der Waals surface area contributed by atoms with Crippen molar-refractivity contribution in [1.29, 1.82) is 0 Å². The lowest BCUT2D eigenvalue weighted by atomic mass is 10.00. The van der Waals surface area contributed by atoms with Crippen molar-refractivity contribution in [1.82, 2.24) is 9.97 Å². The van der Waals surface area contributed by atoms with Gasteiger partial charge in [-0.25, -0.2) is 4.39 Å². The van der Waals surface area contributed by atoms with Crippen LogP contribution in [0.2, 0.25) is 0 Å². The number of ether oxygens (including phenoxy) is 1. The van der Waals surface area contributed by atoms with Gasteiger partial charge in [-0.15, -0.1) is 0 Å². The normalized spacial score (nSPS) is 10.8. The third-order valence-corrected chi connectivity index (χ3v) is 3.32. The molecule has 106 valence electrons. The molecule has 3 aromatic rings. The summed E-state index contributed by atoms with van der Waals surface area (Å²) in [6.07, 6.45) is 2.78. The Morgan fingerprint density at radius 2 is 2.05 bits per heavy atom. The summed E-state index contributed by atoms with van der Waals surface area (Å²) in [5, 5.41) is 9.96. The fraction of sp³-hybridized carbons (Fsp3) is 0.125. The lowest BCUT2D eigenvalue weighted by molar-refractivity contribution is 0.276. The number of hydrogen-bond donors (Lipinski definition) is 1. The summed E-state index contributed by atoms with van der Waals surface area (Å²) >= 11 is 0. The molecular formula is C16H13FN2O2. The Labute approximate surface area is 120 Å². The molecule has 5 heteroatoms. The van der Waals surface area contributed by atoms with Crippen molar-refractivity contribution in [2.24, 2.45) is 0 Å². The number of rotatable bonds is 3. The van der Waals surface area contributed by atoms with Gasteiger partial charge in [-0.2, -0.15) is 0 Å². The molecule has 0 saturated carbocycles. The van der Waals surface area contributed by atoms with E-state index in [0.717, 1.165) is 11.6 Å². The van der Waals surface area contributed by atoms with Crippen LogP contribution in [0.4, 0.5) is 4.39 Å². The molecule has 0 aliphatic rings. The van der Waals surface area contributed by atoms with Crippen molar-refractivity contribution in [2.45, 2.75) is 6.61 Å². The first-order valence-corrected chi connectivity index (χ1v) is 6.42. The molecule has 3 rings (SSSR count). The van der Waals surface area contributed by atoms with Gasteiger partial charge in [-0.3, -0.25) is 9.97 Å². The number of nitrogens with zero attached hydrogens (tertiary/aromatic N) is 2. The Morgan fingerprint density at radius 3 is 2.81 bits per heavy atom. The molecule has 0 saturated heterocycles. The van der Waals surface area contributed by atoms with Crippen molar-refractivity contribution in [3.05, 3.63) is 54.2 Å². The number of aromatic nitrogens is 2. The molecule has 0 bridgehead atoms. The maximum Gasteiger partial charge on any atom is 0.149 e. The molecule has 0 radical (unpaired) electrons. The van der Waals surface area contributed by atoms with E-state index in [-0.39, 0.29) is 6.61 Å². The molecule has 0 amide bonds. The van der Waals surface area contributed by atoms with Gasteiger partial charge in [0.1, 0.15) is 17.1 Å². The largest absolute Gasteiger partial charge is 0.494 e. The molecule has 21 heavy (non-hydrogen) atoms. The monoisotopic (exact) mass is 284 g/mol. The minimum Gasteiger partial charge on any atom is -0.494 e. The predicted molar refractivity (Wildman–Crippen MR) is 77.4 cm³/mol. The van der Waals surface area contributed by atoms with Crippen molar-refractivity contribution in [2.75, 3.05) is 7.11 Å². The van der Waals surface area contributed by atoms with E-state index in [2.05, 4.69) is 9.97 Å². The Balaban J connectivity index is 2.31. The highest BCUT2D eigenvalue weighted by atomic mass is 19.1. The summed E-state index contributed by atoms with van der Waals surface area (Å²) < 4.78 is 19.4. The van der Waals surface area contributed by atoms with Crippen LogP contribution >= 0.6 is 0 Å². The zero-order valence-corrected chi connectivity index (χ0v) is 11.4. The van der Waals surface area contributed by atoms with Crippen LogP contribution in [0.25, 0.3) is 22.0 Å². The van der Waals surface area contributed by atoms with Crippen LogP contribution in [0.15, 0.2) is 42.7 Å². The highest BCUT2D eigenvalue weighted by Crippen LogP contribution is 2.34. The third kappa shape index (κ3) is 2.32. The maximum atomic E-state index is 14.1. The van der Waals surface area contributed by atoms with Crippen LogP contribution in [0, 0.1) is 5.82 Å². The minimum absolute atomic E-state index is 0.236. The standard InChI is InChI=1S/C16H13FN2O2/c1-21-15-5-4-11(12-3-2-6-18-16(12)15)13-7-10(9-20)19-8-14(13)17/h2-8,20H,9H2,1H3. The van der Waals surface area contributed by atoms with Crippen molar-refractivity contribution in [3.63, 3.8) is 0 Å². The molecular weight excluding hydrogens is 271 g/mol. The summed E-state index contributed by atoms with van der Waals surface area (Å²) in [6, 6.07) is 8.73. The molecule has 2 aromatic heterocycles. The predicted octanol–water partition coefficient (Wildman–Crippen LogP) is 2.94. The number of halogens is 1. The zero-order valence-electron chi connectivity index (χ0n) is 11.4. The maximum absolute atomic E-state index is 14.1. The lowest BCUT2D eigenvalue weighted by Gasteiger charge is -2.11. The molecule has 4 nitrogen and oxygen atoms in total. The van der Waals surface area contributed by atoms with Crippen LogP contribution in [0.3, 0.4) is 0 Å². The van der Waals surface area contributed by atoms with Crippen LogP contribution in [0.5, 0.6) is 5.75 Å². The quantitative estimate of drug-likeness (QED) is 0.803. The molecule has 2 heterocycles.